The molecular formula is C11H17BrN4O. The standard InChI is InChI=1S/C11H17BrN4O/c1-7-5-8(3-4-13-7)15-11-14-6-9(12)10(16-11)17-2/h6-8,13H,3-5H2,1-2H3,(H,14,15,16). The van der Waals surface area contributed by atoms with Crippen molar-refractivity contribution >= 4 is 21.9 Å². The fourth-order valence-electron chi connectivity index (χ4n) is 2.01. The zero-order chi connectivity index (χ0) is 12.3. The molecule has 5 nitrogen and oxygen atoms in total. The van der Waals surface area contributed by atoms with Crippen LogP contribution in [-0.4, -0.2) is 35.7 Å². The van der Waals surface area contributed by atoms with Crippen LogP contribution in [0.25, 0.3) is 0 Å². The van der Waals surface area contributed by atoms with Crippen molar-refractivity contribution in [3.05, 3.63) is 10.7 Å². The smallest absolute Gasteiger partial charge is 0.232 e. The van der Waals surface area contributed by atoms with Gasteiger partial charge in [0.25, 0.3) is 0 Å². The van der Waals surface area contributed by atoms with Crippen LogP contribution < -0.4 is 15.4 Å². The van der Waals surface area contributed by atoms with Crippen molar-refractivity contribution < 1.29 is 4.74 Å². The summed E-state index contributed by atoms with van der Waals surface area (Å²) in [6.07, 6.45) is 3.88. The first-order valence-corrected chi connectivity index (χ1v) is 6.55. The number of nitrogens with one attached hydrogen (secondary N) is 2. The molecule has 2 atom stereocenters. The molecule has 2 heterocycles. The molecular weight excluding hydrogens is 284 g/mol. The Morgan fingerprint density at radius 1 is 1.59 bits per heavy atom. The van der Waals surface area contributed by atoms with Gasteiger partial charge in [-0.25, -0.2) is 4.98 Å². The number of methoxy groups -OCH3 is 1. The van der Waals surface area contributed by atoms with Crippen LogP contribution in [0.15, 0.2) is 10.7 Å². The van der Waals surface area contributed by atoms with E-state index in [0.717, 1.165) is 23.9 Å². The molecule has 2 unspecified atom stereocenters. The molecule has 1 aliphatic heterocycles. The predicted molar refractivity (Wildman–Crippen MR) is 70.4 cm³/mol. The van der Waals surface area contributed by atoms with Gasteiger partial charge in [-0.1, -0.05) is 0 Å². The number of anilines is 1. The van der Waals surface area contributed by atoms with E-state index in [1.807, 2.05) is 0 Å². The van der Waals surface area contributed by atoms with E-state index in [0.29, 0.717) is 23.9 Å². The van der Waals surface area contributed by atoms with Gasteiger partial charge in [-0.05, 0) is 42.2 Å². The van der Waals surface area contributed by atoms with E-state index in [9.17, 15) is 0 Å². The van der Waals surface area contributed by atoms with E-state index >= 15 is 0 Å². The molecule has 0 radical (unpaired) electrons. The second kappa shape index (κ2) is 5.64. The lowest BCUT2D eigenvalue weighted by Gasteiger charge is -2.28. The molecule has 0 aromatic carbocycles. The minimum atomic E-state index is 0.428. The maximum atomic E-state index is 5.15. The van der Waals surface area contributed by atoms with Crippen LogP contribution in [-0.2, 0) is 0 Å². The van der Waals surface area contributed by atoms with E-state index in [1.165, 1.54) is 0 Å². The molecule has 0 aliphatic carbocycles. The molecule has 17 heavy (non-hydrogen) atoms. The van der Waals surface area contributed by atoms with E-state index in [-0.39, 0.29) is 0 Å². The van der Waals surface area contributed by atoms with Crippen LogP contribution in [0.1, 0.15) is 19.8 Å². The molecule has 0 bridgehead atoms. The van der Waals surface area contributed by atoms with Crippen LogP contribution in [0, 0.1) is 0 Å². The van der Waals surface area contributed by atoms with Crippen LogP contribution in [0.4, 0.5) is 5.95 Å². The third kappa shape index (κ3) is 3.29. The number of rotatable bonds is 3. The molecule has 2 rings (SSSR count). The SMILES string of the molecule is COc1nc(NC2CCNC(C)C2)ncc1Br. The van der Waals surface area contributed by atoms with E-state index in [1.54, 1.807) is 13.3 Å². The summed E-state index contributed by atoms with van der Waals surface area (Å²) in [6, 6.07) is 0.968. The number of hydrogen-bond acceptors (Lipinski definition) is 5. The average Bonchev–Trinajstić information content (AvgIpc) is 2.32. The number of ether oxygens (including phenoxy) is 1. The third-order valence-corrected chi connectivity index (χ3v) is 3.41. The van der Waals surface area contributed by atoms with Gasteiger partial charge in [-0.3, -0.25) is 0 Å². The Balaban J connectivity index is 2.02. The number of halogens is 1. The van der Waals surface area contributed by atoms with Crippen molar-refractivity contribution in [3.63, 3.8) is 0 Å². The highest BCUT2D eigenvalue weighted by Crippen LogP contribution is 2.22. The van der Waals surface area contributed by atoms with Crippen molar-refractivity contribution in [2.24, 2.45) is 0 Å². The summed E-state index contributed by atoms with van der Waals surface area (Å²) in [5, 5.41) is 6.77. The van der Waals surface area contributed by atoms with Crippen LogP contribution in [0.5, 0.6) is 5.88 Å². The number of nitrogens with zero attached hydrogens (tertiary/aromatic N) is 2. The number of piperidine rings is 1. The second-order valence-corrected chi connectivity index (χ2v) is 5.13. The number of hydrogen-bond donors (Lipinski definition) is 2. The van der Waals surface area contributed by atoms with Gasteiger partial charge in [0, 0.05) is 12.1 Å². The first-order valence-electron chi connectivity index (χ1n) is 5.75. The van der Waals surface area contributed by atoms with Crippen molar-refractivity contribution in [2.45, 2.75) is 31.8 Å². The summed E-state index contributed by atoms with van der Waals surface area (Å²) in [6.45, 7) is 3.23. The van der Waals surface area contributed by atoms with Gasteiger partial charge in [-0.15, -0.1) is 0 Å². The molecule has 1 aromatic rings. The zero-order valence-electron chi connectivity index (χ0n) is 10.0. The highest BCUT2D eigenvalue weighted by molar-refractivity contribution is 9.10. The second-order valence-electron chi connectivity index (χ2n) is 4.27. The van der Waals surface area contributed by atoms with Crippen molar-refractivity contribution in [2.75, 3.05) is 19.0 Å². The largest absolute Gasteiger partial charge is 0.480 e. The minimum Gasteiger partial charge on any atom is -0.480 e. The van der Waals surface area contributed by atoms with Crippen molar-refractivity contribution in [1.82, 2.24) is 15.3 Å². The molecule has 6 heteroatoms. The molecule has 0 spiro atoms. The van der Waals surface area contributed by atoms with Gasteiger partial charge in [0.15, 0.2) is 0 Å². The van der Waals surface area contributed by atoms with Gasteiger partial charge in [0.1, 0.15) is 0 Å². The monoisotopic (exact) mass is 300 g/mol. The first-order chi connectivity index (χ1) is 8.19. The fourth-order valence-corrected chi connectivity index (χ4v) is 2.36. The van der Waals surface area contributed by atoms with E-state index < -0.39 is 0 Å². The molecule has 1 aromatic heterocycles. The Morgan fingerprint density at radius 3 is 3.12 bits per heavy atom. The van der Waals surface area contributed by atoms with Gasteiger partial charge >= 0.3 is 0 Å². The summed E-state index contributed by atoms with van der Waals surface area (Å²) >= 11 is 3.34. The molecule has 0 amide bonds. The summed E-state index contributed by atoms with van der Waals surface area (Å²) in [7, 11) is 1.60. The highest BCUT2D eigenvalue weighted by Gasteiger charge is 2.19. The molecule has 1 aliphatic rings. The summed E-state index contributed by atoms with van der Waals surface area (Å²) in [5.41, 5.74) is 0. The van der Waals surface area contributed by atoms with Crippen molar-refractivity contribution in [1.29, 1.82) is 0 Å². The Labute approximate surface area is 110 Å². The third-order valence-electron chi connectivity index (χ3n) is 2.86. The first kappa shape index (κ1) is 12.6. The quantitative estimate of drug-likeness (QED) is 0.891. The fraction of sp³-hybridized carbons (Fsp3) is 0.636. The Bertz CT molecular complexity index is 388. The lowest BCUT2D eigenvalue weighted by atomic mass is 10.0. The molecule has 1 fully saturated rings. The van der Waals surface area contributed by atoms with Crippen LogP contribution in [0.3, 0.4) is 0 Å². The maximum absolute atomic E-state index is 5.15. The molecule has 1 saturated heterocycles. The van der Waals surface area contributed by atoms with Gasteiger partial charge in [-0.2, -0.15) is 4.98 Å². The lowest BCUT2D eigenvalue weighted by molar-refractivity contribution is 0.387. The molecule has 2 N–H and O–H groups in total. The predicted octanol–water partition coefficient (Wildman–Crippen LogP) is 1.80. The van der Waals surface area contributed by atoms with E-state index in [4.69, 9.17) is 4.74 Å². The highest BCUT2D eigenvalue weighted by atomic mass is 79.9. The lowest BCUT2D eigenvalue weighted by Crippen LogP contribution is -2.41. The molecule has 0 saturated carbocycles. The summed E-state index contributed by atoms with van der Waals surface area (Å²) in [4.78, 5) is 8.53. The van der Waals surface area contributed by atoms with Gasteiger partial charge in [0.05, 0.1) is 17.8 Å². The Hall–Kier alpha value is -0.880. The normalized spacial score (nSPS) is 24.4. The number of aromatic nitrogens is 2. The van der Waals surface area contributed by atoms with Crippen molar-refractivity contribution in [3.8, 4) is 5.88 Å². The summed E-state index contributed by atoms with van der Waals surface area (Å²) in [5.74, 6) is 1.19. The minimum absolute atomic E-state index is 0.428. The maximum Gasteiger partial charge on any atom is 0.232 e. The Kier molecular flexibility index (Phi) is 4.17. The topological polar surface area (TPSA) is 59.1 Å². The van der Waals surface area contributed by atoms with Crippen LogP contribution in [0.2, 0.25) is 0 Å². The van der Waals surface area contributed by atoms with Crippen LogP contribution >= 0.6 is 15.9 Å². The molecule has 94 valence electrons. The van der Waals surface area contributed by atoms with E-state index in [2.05, 4.69) is 43.5 Å². The Morgan fingerprint density at radius 2 is 2.41 bits per heavy atom. The van der Waals surface area contributed by atoms with Gasteiger partial charge < -0.3 is 15.4 Å². The van der Waals surface area contributed by atoms with Gasteiger partial charge in [0.2, 0.25) is 11.8 Å². The summed E-state index contributed by atoms with van der Waals surface area (Å²) < 4.78 is 5.91. The zero-order valence-corrected chi connectivity index (χ0v) is 11.6. The average molecular weight is 301 g/mol.